The van der Waals surface area contributed by atoms with Gasteiger partial charge in [-0.05, 0) is 17.7 Å². The van der Waals surface area contributed by atoms with Gasteiger partial charge in [0, 0.05) is 19.7 Å². The number of ketones is 1. The average molecular weight is 253 g/mol. The minimum absolute atomic E-state index is 0.00298. The molecule has 0 aliphatic rings. The number of carbonyl (C=O) groups is 1. The van der Waals surface area contributed by atoms with Crippen LogP contribution in [-0.4, -0.2) is 15.6 Å². The summed E-state index contributed by atoms with van der Waals surface area (Å²) in [6.45, 7) is 0. The van der Waals surface area contributed by atoms with Crippen molar-refractivity contribution in [3.8, 4) is 0 Å². The van der Waals surface area contributed by atoms with Crippen LogP contribution < -0.4 is 0 Å². The van der Waals surface area contributed by atoms with Crippen LogP contribution in [0.2, 0.25) is 5.02 Å². The molecule has 0 N–H and O–H groups in total. The molecule has 0 saturated carbocycles. The second kappa shape index (κ2) is 4.67. The Hall–Kier alpha value is -1.68. The second-order valence-electron chi connectivity index (χ2n) is 3.69. The molecule has 2 aromatic rings. The number of aryl methyl sites for hydroxylation is 1. The van der Waals surface area contributed by atoms with E-state index in [2.05, 4.69) is 5.10 Å². The number of hydrogen-bond acceptors (Lipinski definition) is 2. The summed E-state index contributed by atoms with van der Waals surface area (Å²) in [6, 6.07) is 6.04. The highest BCUT2D eigenvalue weighted by Gasteiger charge is 2.13. The largest absolute Gasteiger partial charge is 0.292 e. The summed E-state index contributed by atoms with van der Waals surface area (Å²) in [5.41, 5.74) is 0.829. The summed E-state index contributed by atoms with van der Waals surface area (Å²) in [7, 11) is 1.73. The van der Waals surface area contributed by atoms with E-state index in [0.29, 0.717) is 11.3 Å². The molecule has 1 heterocycles. The lowest BCUT2D eigenvalue weighted by molar-refractivity contribution is 0.0987. The maximum atomic E-state index is 13.2. The normalized spacial score (nSPS) is 10.5. The summed E-state index contributed by atoms with van der Waals surface area (Å²) in [6.07, 6.45) is 1.73. The van der Waals surface area contributed by atoms with Gasteiger partial charge in [-0.3, -0.25) is 9.48 Å². The number of nitrogens with zero attached hydrogens (tertiary/aromatic N) is 2. The van der Waals surface area contributed by atoms with E-state index in [1.807, 2.05) is 0 Å². The zero-order valence-corrected chi connectivity index (χ0v) is 9.91. The molecule has 0 spiro atoms. The van der Waals surface area contributed by atoms with Gasteiger partial charge in [0.2, 0.25) is 0 Å². The van der Waals surface area contributed by atoms with Crippen molar-refractivity contribution in [2.45, 2.75) is 6.42 Å². The molecule has 0 radical (unpaired) electrons. The smallest absolute Gasteiger partial charge is 0.187 e. The third-order valence-electron chi connectivity index (χ3n) is 2.38. The SMILES string of the molecule is Cn1ccc(C(=O)Cc2cccc(F)c2Cl)n1. The van der Waals surface area contributed by atoms with Crippen LogP contribution in [0, 0.1) is 5.82 Å². The topological polar surface area (TPSA) is 34.9 Å². The van der Waals surface area contributed by atoms with Crippen LogP contribution in [0.3, 0.4) is 0 Å². The van der Waals surface area contributed by atoms with Gasteiger partial charge < -0.3 is 0 Å². The highest BCUT2D eigenvalue weighted by atomic mass is 35.5. The number of hydrogen-bond donors (Lipinski definition) is 0. The molecule has 88 valence electrons. The molecular weight excluding hydrogens is 243 g/mol. The van der Waals surface area contributed by atoms with Crippen molar-refractivity contribution in [3.63, 3.8) is 0 Å². The van der Waals surface area contributed by atoms with Gasteiger partial charge in [-0.1, -0.05) is 23.7 Å². The number of halogens is 2. The quantitative estimate of drug-likeness (QED) is 0.787. The van der Waals surface area contributed by atoms with Crippen LogP contribution in [0.25, 0.3) is 0 Å². The Morgan fingerprint density at radius 3 is 2.88 bits per heavy atom. The first-order chi connectivity index (χ1) is 8.08. The number of rotatable bonds is 3. The molecule has 0 bridgehead atoms. The van der Waals surface area contributed by atoms with Crippen molar-refractivity contribution in [2.24, 2.45) is 7.05 Å². The van der Waals surface area contributed by atoms with Gasteiger partial charge >= 0.3 is 0 Å². The minimum atomic E-state index is -0.516. The van der Waals surface area contributed by atoms with Crippen LogP contribution in [0.1, 0.15) is 16.1 Å². The highest BCUT2D eigenvalue weighted by Crippen LogP contribution is 2.20. The molecule has 0 amide bonds. The Morgan fingerprint density at radius 1 is 1.47 bits per heavy atom. The predicted octanol–water partition coefficient (Wildman–Crippen LogP) is 2.64. The summed E-state index contributed by atoms with van der Waals surface area (Å²) >= 11 is 5.78. The Balaban J connectivity index is 2.21. The molecule has 0 unspecified atom stereocenters. The molecule has 0 fully saturated rings. The van der Waals surface area contributed by atoms with E-state index >= 15 is 0 Å². The van der Waals surface area contributed by atoms with E-state index in [1.165, 1.54) is 12.1 Å². The van der Waals surface area contributed by atoms with E-state index in [9.17, 15) is 9.18 Å². The van der Waals surface area contributed by atoms with E-state index in [0.717, 1.165) is 0 Å². The van der Waals surface area contributed by atoms with Gasteiger partial charge in [-0.25, -0.2) is 4.39 Å². The zero-order valence-electron chi connectivity index (χ0n) is 9.15. The van der Waals surface area contributed by atoms with Gasteiger partial charge in [-0.15, -0.1) is 0 Å². The molecule has 1 aromatic heterocycles. The van der Waals surface area contributed by atoms with Crippen LogP contribution in [0.4, 0.5) is 4.39 Å². The lowest BCUT2D eigenvalue weighted by Gasteiger charge is -2.02. The molecule has 0 aliphatic heterocycles. The first-order valence-electron chi connectivity index (χ1n) is 5.03. The molecule has 3 nitrogen and oxygen atoms in total. The van der Waals surface area contributed by atoms with E-state index in [1.54, 1.807) is 30.1 Å². The molecule has 17 heavy (non-hydrogen) atoms. The Kier molecular flexibility index (Phi) is 3.24. The molecule has 0 aliphatic carbocycles. The van der Waals surface area contributed by atoms with Crippen molar-refractivity contribution < 1.29 is 9.18 Å². The molecule has 5 heteroatoms. The van der Waals surface area contributed by atoms with Crippen LogP contribution in [-0.2, 0) is 13.5 Å². The summed E-state index contributed by atoms with van der Waals surface area (Å²) in [4.78, 5) is 11.8. The lowest BCUT2D eigenvalue weighted by atomic mass is 10.1. The van der Waals surface area contributed by atoms with Gasteiger partial charge in [0.1, 0.15) is 11.5 Å². The maximum absolute atomic E-state index is 13.2. The first-order valence-corrected chi connectivity index (χ1v) is 5.41. The van der Waals surface area contributed by atoms with Crippen LogP contribution >= 0.6 is 11.6 Å². The van der Waals surface area contributed by atoms with Crippen LogP contribution in [0.5, 0.6) is 0 Å². The van der Waals surface area contributed by atoms with Crippen LogP contribution in [0.15, 0.2) is 30.5 Å². The number of aromatic nitrogens is 2. The van der Waals surface area contributed by atoms with Gasteiger partial charge in [-0.2, -0.15) is 5.10 Å². The fraction of sp³-hybridized carbons (Fsp3) is 0.167. The van der Waals surface area contributed by atoms with E-state index in [4.69, 9.17) is 11.6 Å². The Morgan fingerprint density at radius 2 is 2.24 bits per heavy atom. The first kappa shape index (κ1) is 11.8. The minimum Gasteiger partial charge on any atom is -0.292 e. The van der Waals surface area contributed by atoms with Gasteiger partial charge in [0.15, 0.2) is 5.78 Å². The average Bonchev–Trinajstić information content (AvgIpc) is 2.72. The monoisotopic (exact) mass is 252 g/mol. The Bertz CT molecular complexity index is 565. The fourth-order valence-corrected chi connectivity index (χ4v) is 1.71. The fourth-order valence-electron chi connectivity index (χ4n) is 1.51. The molecule has 0 atom stereocenters. The van der Waals surface area contributed by atoms with E-state index in [-0.39, 0.29) is 17.2 Å². The zero-order chi connectivity index (χ0) is 12.4. The number of benzene rings is 1. The maximum Gasteiger partial charge on any atom is 0.187 e. The summed E-state index contributed by atoms with van der Waals surface area (Å²) in [5.74, 6) is -0.698. The van der Waals surface area contributed by atoms with Crippen molar-refractivity contribution >= 4 is 17.4 Å². The lowest BCUT2D eigenvalue weighted by Crippen LogP contribution is -2.06. The standard InChI is InChI=1S/C12H10ClFN2O/c1-16-6-5-10(15-16)11(17)7-8-3-2-4-9(14)12(8)13/h2-6H,7H2,1H3. The number of carbonyl (C=O) groups excluding carboxylic acids is 1. The third-order valence-corrected chi connectivity index (χ3v) is 2.81. The van der Waals surface area contributed by atoms with Gasteiger partial charge in [0.25, 0.3) is 0 Å². The van der Waals surface area contributed by atoms with Gasteiger partial charge in [0.05, 0.1) is 5.02 Å². The van der Waals surface area contributed by atoms with Crippen molar-refractivity contribution in [1.29, 1.82) is 0 Å². The third kappa shape index (κ3) is 2.53. The van der Waals surface area contributed by atoms with Crippen molar-refractivity contribution in [3.05, 3.63) is 52.6 Å². The highest BCUT2D eigenvalue weighted by molar-refractivity contribution is 6.31. The summed E-state index contributed by atoms with van der Waals surface area (Å²) in [5, 5.41) is 3.99. The Labute approximate surface area is 103 Å². The van der Waals surface area contributed by atoms with Crippen molar-refractivity contribution in [2.75, 3.05) is 0 Å². The molecule has 0 saturated heterocycles. The summed E-state index contributed by atoms with van der Waals surface area (Å²) < 4.78 is 14.7. The second-order valence-corrected chi connectivity index (χ2v) is 4.07. The molecule has 1 aromatic carbocycles. The molecule has 2 rings (SSSR count). The van der Waals surface area contributed by atoms with E-state index < -0.39 is 5.82 Å². The number of Topliss-reactive ketones (excluding diaryl/α,β-unsaturated/α-hetero) is 1. The predicted molar refractivity (Wildman–Crippen MR) is 62.7 cm³/mol. The molecular formula is C12H10ClFN2O. The van der Waals surface area contributed by atoms with Crippen molar-refractivity contribution in [1.82, 2.24) is 9.78 Å².